The average Bonchev–Trinajstić information content (AvgIpc) is 3.98. The number of benzene rings is 2. The Hall–Kier alpha value is -8.27. The zero-order valence-corrected chi connectivity index (χ0v) is 50.8. The standard InChI is InChI=1S/C58H82N14O17/c1-5-71-48(33-39(3)67-71)55(79)65-57-63-44-35-41(53(59)77)7-9-46(44)69(57)16-11-43(12-17-70-47-10-8-42(54(60)78)36-45(47)64-58(70)66-56(80)49-34-40(4)68-72(49)6-2)89-37-51(74)62-15-20-83-23-26-85-28-27-84-24-21-81-18-13-50(73)61-14-19-82-22-25-86-29-30-87-31-32-88-38-52(75)76/h7-10,33-36,43H,5-6,11-32,37-38H2,1-4H3,(H2,59,77)(H2,60,78)(H,61,73)(H,62,74)(H,75,76)(H,63,65,79)(H,64,66,80). The molecule has 89 heavy (non-hydrogen) atoms. The highest BCUT2D eigenvalue weighted by Gasteiger charge is 2.24. The monoisotopic (exact) mass is 1250 g/mol. The third-order valence-electron chi connectivity index (χ3n) is 13.3. The van der Waals surface area contributed by atoms with Crippen LogP contribution in [0.2, 0.25) is 0 Å². The van der Waals surface area contributed by atoms with Crippen molar-refractivity contribution in [3.63, 3.8) is 0 Å². The summed E-state index contributed by atoms with van der Waals surface area (Å²) in [4.78, 5) is 97.3. The SMILES string of the molecule is CCn1nc(C)cc1C(=O)Nc1nc2cc(C(N)=O)ccc2n1CCC(CCn1c(NC(=O)c2cc(C)nn2CC)nc2cc(C(N)=O)ccc21)OCC(=O)NCCOCCOCCOCCOCCC(=O)NCCOCCOCCOCCOCC(=O)O. The molecule has 0 aliphatic carbocycles. The van der Waals surface area contributed by atoms with E-state index in [1.807, 2.05) is 13.8 Å². The van der Waals surface area contributed by atoms with Crippen molar-refractivity contribution < 1.29 is 81.3 Å². The number of aromatic nitrogens is 8. The molecule has 6 amide bonds. The fourth-order valence-electron chi connectivity index (χ4n) is 8.94. The lowest BCUT2D eigenvalue weighted by molar-refractivity contribution is -0.142. The number of carbonyl (C=O) groups is 7. The Morgan fingerprint density at radius 2 is 0.910 bits per heavy atom. The van der Waals surface area contributed by atoms with E-state index in [-0.39, 0.29) is 114 Å². The molecule has 6 aromatic rings. The lowest BCUT2D eigenvalue weighted by atomic mass is 10.1. The molecule has 0 bridgehead atoms. The molecule has 4 aromatic heterocycles. The third-order valence-corrected chi connectivity index (χ3v) is 13.3. The van der Waals surface area contributed by atoms with Crippen LogP contribution in [0.1, 0.15) is 86.2 Å². The predicted octanol–water partition coefficient (Wildman–Crippen LogP) is 1.84. The number of fused-ring (bicyclic) bond motifs is 2. The van der Waals surface area contributed by atoms with E-state index in [1.165, 1.54) is 0 Å². The fourth-order valence-corrected chi connectivity index (χ4v) is 8.94. The number of hydrogen-bond acceptors (Lipinski definition) is 20. The number of nitrogens with two attached hydrogens (primary N) is 2. The molecule has 0 spiro atoms. The predicted molar refractivity (Wildman–Crippen MR) is 321 cm³/mol. The fraction of sp³-hybridized carbons (Fsp3) is 0.534. The number of ether oxygens (including phenoxy) is 9. The van der Waals surface area contributed by atoms with Gasteiger partial charge in [-0.3, -0.25) is 48.8 Å². The number of anilines is 2. The topological polar surface area (TPSA) is 394 Å². The van der Waals surface area contributed by atoms with Crippen LogP contribution in [0.5, 0.6) is 0 Å². The lowest BCUT2D eigenvalue weighted by Gasteiger charge is -2.20. The highest BCUT2D eigenvalue weighted by molar-refractivity contribution is 6.04. The molecule has 486 valence electrons. The van der Waals surface area contributed by atoms with Gasteiger partial charge in [0.25, 0.3) is 11.8 Å². The van der Waals surface area contributed by atoms with Gasteiger partial charge in [0.2, 0.25) is 35.5 Å². The number of amides is 6. The lowest BCUT2D eigenvalue weighted by Crippen LogP contribution is -2.33. The normalized spacial score (nSPS) is 11.5. The summed E-state index contributed by atoms with van der Waals surface area (Å²) in [6.07, 6.45) is 0.0615. The molecular formula is C58H82N14O17. The summed E-state index contributed by atoms with van der Waals surface area (Å²) in [5, 5.41) is 28.8. The van der Waals surface area contributed by atoms with Gasteiger partial charge >= 0.3 is 5.97 Å². The van der Waals surface area contributed by atoms with Crippen molar-refractivity contribution in [3.05, 3.63) is 82.4 Å². The summed E-state index contributed by atoms with van der Waals surface area (Å²) in [6.45, 7) is 12.9. The Morgan fingerprint density at radius 1 is 0.517 bits per heavy atom. The maximum atomic E-state index is 13.8. The van der Waals surface area contributed by atoms with Gasteiger partial charge < -0.3 is 79.0 Å². The van der Waals surface area contributed by atoms with Crippen molar-refractivity contribution in [3.8, 4) is 0 Å². The van der Waals surface area contributed by atoms with Crippen molar-refractivity contribution in [1.29, 1.82) is 0 Å². The number of nitrogens with one attached hydrogen (secondary N) is 4. The Balaban J connectivity index is 0.941. The van der Waals surface area contributed by atoms with Crippen molar-refractivity contribution in [2.45, 2.75) is 79.2 Å². The van der Waals surface area contributed by atoms with Crippen molar-refractivity contribution >= 4 is 75.4 Å². The summed E-state index contributed by atoms with van der Waals surface area (Å²) in [7, 11) is 0. The zero-order chi connectivity index (χ0) is 63.9. The summed E-state index contributed by atoms with van der Waals surface area (Å²) in [5.41, 5.74) is 15.6. The molecule has 6 rings (SSSR count). The summed E-state index contributed by atoms with van der Waals surface area (Å²) < 4.78 is 56.3. The minimum absolute atomic E-state index is 0.164. The van der Waals surface area contributed by atoms with Crippen molar-refractivity contribution in [2.75, 3.05) is 136 Å². The summed E-state index contributed by atoms with van der Waals surface area (Å²) >= 11 is 0. The van der Waals surface area contributed by atoms with Gasteiger partial charge in [0.15, 0.2) is 0 Å². The molecule has 0 radical (unpaired) electrons. The van der Waals surface area contributed by atoms with Gasteiger partial charge in [0.05, 0.1) is 139 Å². The molecule has 0 aliphatic heterocycles. The van der Waals surface area contributed by atoms with E-state index in [0.29, 0.717) is 131 Å². The first-order chi connectivity index (χ1) is 43.0. The second-order valence-electron chi connectivity index (χ2n) is 19.9. The second kappa shape index (κ2) is 37.5. The molecule has 0 aliphatic rings. The molecule has 9 N–H and O–H groups in total. The Kier molecular flexibility index (Phi) is 29.5. The Labute approximate surface area is 513 Å². The molecule has 31 heteroatoms. The molecule has 0 unspecified atom stereocenters. The quantitative estimate of drug-likeness (QED) is 0.0268. The maximum Gasteiger partial charge on any atom is 0.329 e. The number of hydrogen-bond donors (Lipinski definition) is 7. The molecular weight excluding hydrogens is 1160 g/mol. The van der Waals surface area contributed by atoms with E-state index >= 15 is 0 Å². The minimum atomic E-state index is -1.03. The molecule has 0 atom stereocenters. The van der Waals surface area contributed by atoms with Gasteiger partial charge in [0.1, 0.15) is 24.6 Å². The van der Waals surface area contributed by atoms with Crippen molar-refractivity contribution in [1.82, 2.24) is 49.3 Å². The minimum Gasteiger partial charge on any atom is -0.480 e. The van der Waals surface area contributed by atoms with E-state index in [4.69, 9.17) is 69.2 Å². The number of primary amides is 2. The van der Waals surface area contributed by atoms with Crippen molar-refractivity contribution in [2.24, 2.45) is 11.5 Å². The first-order valence-electron chi connectivity index (χ1n) is 29.4. The van der Waals surface area contributed by atoms with Crippen LogP contribution in [0.3, 0.4) is 0 Å². The molecule has 0 fully saturated rings. The van der Waals surface area contributed by atoms with Crippen LogP contribution in [0.25, 0.3) is 22.1 Å². The molecule has 0 saturated carbocycles. The first-order valence-corrected chi connectivity index (χ1v) is 29.4. The van der Waals surface area contributed by atoms with E-state index in [1.54, 1.807) is 80.9 Å². The van der Waals surface area contributed by atoms with Gasteiger partial charge in [0, 0.05) is 56.8 Å². The highest BCUT2D eigenvalue weighted by Crippen LogP contribution is 2.26. The Morgan fingerprint density at radius 3 is 1.31 bits per heavy atom. The number of aliphatic carboxylic acids is 1. The number of nitrogens with zero attached hydrogens (tertiary/aromatic N) is 8. The smallest absolute Gasteiger partial charge is 0.329 e. The molecule has 31 nitrogen and oxygen atoms in total. The number of carboxylic acid groups (broad SMARTS) is 1. The average molecular weight is 1250 g/mol. The van der Waals surface area contributed by atoms with E-state index in [0.717, 1.165) is 0 Å². The van der Waals surface area contributed by atoms with Crippen LogP contribution >= 0.6 is 0 Å². The molecule has 2 aromatic carbocycles. The van der Waals surface area contributed by atoms with Gasteiger partial charge in [-0.1, -0.05) is 0 Å². The van der Waals surface area contributed by atoms with E-state index in [9.17, 15) is 33.6 Å². The van der Waals surface area contributed by atoms with Crippen LogP contribution in [-0.2, 0) is 83.2 Å². The first kappa shape index (κ1) is 69.8. The number of carboxylic acids is 1. The zero-order valence-electron chi connectivity index (χ0n) is 50.8. The van der Waals surface area contributed by atoms with E-state index < -0.39 is 41.6 Å². The number of imidazole rings is 2. The largest absolute Gasteiger partial charge is 0.480 e. The maximum absolute atomic E-state index is 13.8. The van der Waals surface area contributed by atoms with Crippen LogP contribution in [0, 0.1) is 13.8 Å². The third kappa shape index (κ3) is 23.3. The number of aryl methyl sites for hydroxylation is 6. The molecule has 4 heterocycles. The second-order valence-corrected chi connectivity index (χ2v) is 19.9. The van der Waals surface area contributed by atoms with Crippen LogP contribution in [0.4, 0.5) is 11.9 Å². The van der Waals surface area contributed by atoms with Gasteiger partial charge in [-0.15, -0.1) is 0 Å². The van der Waals surface area contributed by atoms with Crippen LogP contribution < -0.4 is 32.7 Å². The van der Waals surface area contributed by atoms with Crippen LogP contribution in [-0.4, -0.2) is 217 Å². The summed E-state index contributed by atoms with van der Waals surface area (Å²) in [6, 6.07) is 12.9. The van der Waals surface area contributed by atoms with Gasteiger partial charge in [-0.2, -0.15) is 10.2 Å². The number of carbonyl (C=O) groups excluding carboxylic acids is 6. The highest BCUT2D eigenvalue weighted by atomic mass is 16.6. The Bertz CT molecular complexity index is 3100. The van der Waals surface area contributed by atoms with Crippen LogP contribution in [0.15, 0.2) is 48.5 Å². The number of rotatable bonds is 46. The van der Waals surface area contributed by atoms with Gasteiger partial charge in [-0.25, -0.2) is 14.8 Å². The van der Waals surface area contributed by atoms with Gasteiger partial charge in [-0.05, 0) is 89.1 Å². The molecule has 0 saturated heterocycles. The summed E-state index contributed by atoms with van der Waals surface area (Å²) in [5.74, 6) is -3.46. The van der Waals surface area contributed by atoms with E-state index in [2.05, 4.69) is 31.5 Å².